The lowest BCUT2D eigenvalue weighted by Gasteiger charge is -2.29. The van der Waals surface area contributed by atoms with Gasteiger partial charge in [-0.25, -0.2) is 0 Å². The number of allylic oxidation sites excluding steroid dienone is 1. The number of hydrogen-bond acceptors (Lipinski definition) is 2. The maximum atomic E-state index is 5.79. The van der Waals surface area contributed by atoms with Gasteiger partial charge in [0.05, 0.1) is 12.0 Å². The monoisotopic (exact) mass is 411 g/mol. The molecule has 0 heterocycles. The second-order valence-corrected chi connectivity index (χ2v) is 8.60. The Hall–Kier alpha value is -2.68. The largest absolute Gasteiger partial charge is 0.383 e. The van der Waals surface area contributed by atoms with Gasteiger partial charge in [-0.2, -0.15) is 0 Å². The van der Waals surface area contributed by atoms with Crippen molar-refractivity contribution in [3.8, 4) is 0 Å². The molecule has 2 nitrogen and oxygen atoms in total. The van der Waals surface area contributed by atoms with Gasteiger partial charge in [-0.1, -0.05) is 91.9 Å². The fourth-order valence-corrected chi connectivity index (χ4v) is 4.86. The fourth-order valence-electron chi connectivity index (χ4n) is 4.86. The molecule has 3 aromatic rings. The van der Waals surface area contributed by atoms with Crippen LogP contribution >= 0.6 is 0 Å². The van der Waals surface area contributed by atoms with Crippen LogP contribution in [0, 0.1) is 0 Å². The van der Waals surface area contributed by atoms with Gasteiger partial charge in [-0.15, -0.1) is 0 Å². The van der Waals surface area contributed by atoms with Crippen LogP contribution in [0.25, 0.3) is 5.57 Å². The summed E-state index contributed by atoms with van der Waals surface area (Å²) in [5, 5.41) is 3.67. The fraction of sp³-hybridized carbons (Fsp3) is 0.310. The van der Waals surface area contributed by atoms with Crippen LogP contribution in [-0.4, -0.2) is 26.8 Å². The third-order valence-electron chi connectivity index (χ3n) is 6.20. The highest BCUT2D eigenvalue weighted by atomic mass is 16.5. The first-order chi connectivity index (χ1) is 15.3. The molecule has 0 aliphatic heterocycles. The number of fused-ring (bicyclic) bond motifs is 1. The van der Waals surface area contributed by atoms with Gasteiger partial charge < -0.3 is 10.1 Å². The Kier molecular flexibility index (Phi) is 7.01. The molecule has 0 bridgehead atoms. The molecule has 0 fully saturated rings. The molecule has 1 N–H and O–H groups in total. The molecule has 1 aliphatic carbocycles. The Balaban J connectivity index is 1.78. The molecule has 0 saturated carbocycles. The summed E-state index contributed by atoms with van der Waals surface area (Å²) in [6.45, 7) is 4.82. The van der Waals surface area contributed by atoms with Crippen LogP contribution in [-0.2, 0) is 23.0 Å². The Morgan fingerprint density at radius 1 is 0.806 bits per heavy atom. The van der Waals surface area contributed by atoms with Gasteiger partial charge in [-0.05, 0) is 59.2 Å². The van der Waals surface area contributed by atoms with Crippen LogP contribution in [0.5, 0.6) is 0 Å². The third-order valence-corrected chi connectivity index (χ3v) is 6.20. The van der Waals surface area contributed by atoms with Crippen molar-refractivity contribution in [3.05, 3.63) is 113 Å². The molecule has 1 aliphatic rings. The summed E-state index contributed by atoms with van der Waals surface area (Å²) in [5.41, 5.74) is 8.22. The highest BCUT2D eigenvalue weighted by molar-refractivity contribution is 5.80. The van der Waals surface area contributed by atoms with Crippen LogP contribution in [0.3, 0.4) is 0 Å². The van der Waals surface area contributed by atoms with Crippen molar-refractivity contribution in [3.63, 3.8) is 0 Å². The Bertz CT molecular complexity index is 1010. The Morgan fingerprint density at radius 2 is 1.48 bits per heavy atom. The summed E-state index contributed by atoms with van der Waals surface area (Å²) in [7, 11) is 1.82. The molecule has 0 spiro atoms. The summed E-state index contributed by atoms with van der Waals surface area (Å²) in [4.78, 5) is 0. The zero-order chi connectivity index (χ0) is 21.5. The van der Waals surface area contributed by atoms with Crippen LogP contribution in [0.4, 0.5) is 0 Å². The van der Waals surface area contributed by atoms with Crippen molar-refractivity contribution in [2.75, 3.05) is 26.8 Å². The van der Waals surface area contributed by atoms with Gasteiger partial charge in [0.2, 0.25) is 0 Å². The molecule has 2 heteroatoms. The molecule has 0 aromatic heterocycles. The van der Waals surface area contributed by atoms with Crippen molar-refractivity contribution < 1.29 is 4.74 Å². The summed E-state index contributed by atoms with van der Waals surface area (Å²) in [5.74, 6) is 0. The predicted octanol–water partition coefficient (Wildman–Crippen LogP) is 5.80. The van der Waals surface area contributed by atoms with E-state index in [1.807, 2.05) is 7.11 Å². The third kappa shape index (κ3) is 4.81. The summed E-state index contributed by atoms with van der Waals surface area (Å²) in [6, 6.07) is 28.4. The van der Waals surface area contributed by atoms with Crippen LogP contribution in [0.1, 0.15) is 41.2 Å². The molecule has 4 rings (SSSR count). The normalized spacial score (nSPS) is 17.4. The number of benzene rings is 3. The smallest absolute Gasteiger partial charge is 0.0606 e. The van der Waals surface area contributed by atoms with Crippen LogP contribution in [0.2, 0.25) is 0 Å². The van der Waals surface area contributed by atoms with Crippen molar-refractivity contribution in [1.82, 2.24) is 5.32 Å². The SMILES string of the molecule is CCCNCC1(COC)C=C(Cc2ccccc2)c2c(Cc3ccccc3)cccc21. The van der Waals surface area contributed by atoms with Crippen molar-refractivity contribution in [1.29, 1.82) is 0 Å². The molecule has 1 atom stereocenters. The molecule has 0 amide bonds. The Labute approximate surface area is 187 Å². The van der Waals surface area contributed by atoms with Gasteiger partial charge in [0.25, 0.3) is 0 Å². The maximum Gasteiger partial charge on any atom is 0.0606 e. The van der Waals surface area contributed by atoms with E-state index in [-0.39, 0.29) is 5.41 Å². The first kappa shape index (κ1) is 21.5. The van der Waals surface area contributed by atoms with Crippen molar-refractivity contribution in [2.24, 2.45) is 0 Å². The number of methoxy groups -OCH3 is 1. The molecular weight excluding hydrogens is 378 g/mol. The van der Waals surface area contributed by atoms with E-state index in [0.717, 1.165) is 32.4 Å². The first-order valence-electron chi connectivity index (χ1n) is 11.4. The van der Waals surface area contributed by atoms with Crippen molar-refractivity contribution in [2.45, 2.75) is 31.6 Å². The highest BCUT2D eigenvalue weighted by Gasteiger charge is 2.39. The summed E-state index contributed by atoms with van der Waals surface area (Å²) < 4.78 is 5.79. The average molecular weight is 412 g/mol. The predicted molar refractivity (Wildman–Crippen MR) is 131 cm³/mol. The van der Waals surface area contributed by atoms with Gasteiger partial charge in [0, 0.05) is 13.7 Å². The minimum atomic E-state index is -0.129. The standard InChI is InChI=1S/C29H33NO/c1-3-17-30-21-29(22-31-2)20-26(19-24-13-8-5-9-14-24)28-25(15-10-16-27(28)29)18-23-11-6-4-7-12-23/h4-16,20,30H,3,17-19,21-22H2,1-2H3. The number of hydrogen-bond donors (Lipinski definition) is 1. The van der Waals surface area contributed by atoms with E-state index in [4.69, 9.17) is 4.74 Å². The lowest BCUT2D eigenvalue weighted by Crippen LogP contribution is -2.39. The average Bonchev–Trinajstić information content (AvgIpc) is 3.10. The second kappa shape index (κ2) is 10.1. The van der Waals surface area contributed by atoms with Crippen LogP contribution < -0.4 is 5.32 Å². The zero-order valence-corrected chi connectivity index (χ0v) is 18.7. The van der Waals surface area contributed by atoms with E-state index < -0.39 is 0 Å². The summed E-state index contributed by atoms with van der Waals surface area (Å²) >= 11 is 0. The van der Waals surface area contributed by atoms with Crippen LogP contribution in [0.15, 0.2) is 84.9 Å². The first-order valence-corrected chi connectivity index (χ1v) is 11.4. The zero-order valence-electron chi connectivity index (χ0n) is 18.7. The maximum absolute atomic E-state index is 5.79. The molecule has 31 heavy (non-hydrogen) atoms. The molecule has 0 radical (unpaired) electrons. The van der Waals surface area contributed by atoms with Gasteiger partial charge in [0.1, 0.15) is 0 Å². The van der Waals surface area contributed by atoms with Gasteiger partial charge >= 0.3 is 0 Å². The molecule has 160 valence electrons. The lowest BCUT2D eigenvalue weighted by molar-refractivity contribution is 0.151. The topological polar surface area (TPSA) is 21.3 Å². The molecule has 3 aromatic carbocycles. The number of nitrogens with one attached hydrogen (secondary N) is 1. The van der Waals surface area contributed by atoms with E-state index in [1.54, 1.807) is 0 Å². The molecular formula is C29H33NO. The van der Waals surface area contributed by atoms with E-state index in [2.05, 4.69) is 97.2 Å². The highest BCUT2D eigenvalue weighted by Crippen LogP contribution is 2.44. The molecule has 0 saturated heterocycles. The van der Waals surface area contributed by atoms with Gasteiger partial charge in [0.15, 0.2) is 0 Å². The van der Waals surface area contributed by atoms with Crippen molar-refractivity contribution >= 4 is 5.57 Å². The minimum absolute atomic E-state index is 0.129. The Morgan fingerprint density at radius 3 is 2.13 bits per heavy atom. The number of ether oxygens (including phenoxy) is 1. The van der Waals surface area contributed by atoms with E-state index >= 15 is 0 Å². The summed E-state index contributed by atoms with van der Waals surface area (Å²) in [6.07, 6.45) is 5.51. The number of rotatable bonds is 10. The van der Waals surface area contributed by atoms with E-state index in [9.17, 15) is 0 Å². The second-order valence-electron chi connectivity index (χ2n) is 8.60. The minimum Gasteiger partial charge on any atom is -0.383 e. The quantitative estimate of drug-likeness (QED) is 0.426. The van der Waals surface area contributed by atoms with Gasteiger partial charge in [-0.3, -0.25) is 0 Å². The van der Waals surface area contributed by atoms with E-state index in [0.29, 0.717) is 6.61 Å². The lowest BCUT2D eigenvalue weighted by atomic mass is 9.81. The molecule has 1 unspecified atom stereocenters. The van der Waals surface area contributed by atoms with E-state index in [1.165, 1.54) is 33.4 Å².